The van der Waals surface area contributed by atoms with Crippen molar-refractivity contribution < 1.29 is 14.7 Å². The van der Waals surface area contributed by atoms with E-state index < -0.39 is 18.0 Å². The number of urea groups is 1. The Labute approximate surface area is 131 Å². The van der Waals surface area contributed by atoms with E-state index in [0.717, 1.165) is 11.4 Å². The van der Waals surface area contributed by atoms with E-state index in [1.54, 1.807) is 0 Å². The molecule has 0 aliphatic carbocycles. The SMILES string of the molecule is CSCC[C@@H](NC(=O)Nc1nnc(CC(C)C)s1)C(=O)O. The predicted octanol–water partition coefficient (Wildman–Crippen LogP) is 2.06. The Morgan fingerprint density at radius 3 is 2.67 bits per heavy atom. The Hall–Kier alpha value is -1.35. The van der Waals surface area contributed by atoms with Crippen LogP contribution >= 0.6 is 23.1 Å². The molecular weight excluding hydrogens is 312 g/mol. The highest BCUT2D eigenvalue weighted by Crippen LogP contribution is 2.18. The molecule has 0 spiro atoms. The highest BCUT2D eigenvalue weighted by molar-refractivity contribution is 7.98. The maximum Gasteiger partial charge on any atom is 0.326 e. The van der Waals surface area contributed by atoms with Crippen molar-refractivity contribution in [3.8, 4) is 0 Å². The number of aliphatic carboxylic acids is 1. The minimum atomic E-state index is -1.04. The van der Waals surface area contributed by atoms with Gasteiger partial charge in [-0.3, -0.25) is 5.32 Å². The van der Waals surface area contributed by atoms with Gasteiger partial charge in [-0.1, -0.05) is 25.2 Å². The zero-order valence-electron chi connectivity index (χ0n) is 12.3. The minimum absolute atomic E-state index is 0.372. The van der Waals surface area contributed by atoms with Gasteiger partial charge in [-0.2, -0.15) is 11.8 Å². The molecule has 0 unspecified atom stereocenters. The molecule has 9 heteroatoms. The Kier molecular flexibility index (Phi) is 7.44. The van der Waals surface area contributed by atoms with Crippen molar-refractivity contribution in [2.24, 2.45) is 5.92 Å². The first kappa shape index (κ1) is 17.7. The van der Waals surface area contributed by atoms with Crippen LogP contribution in [0, 0.1) is 5.92 Å². The molecule has 1 aromatic rings. The summed E-state index contributed by atoms with van der Waals surface area (Å²) in [6.07, 6.45) is 3.06. The fourth-order valence-electron chi connectivity index (χ4n) is 1.52. The molecule has 1 heterocycles. The molecule has 1 aromatic heterocycles. The minimum Gasteiger partial charge on any atom is -0.480 e. The number of nitrogens with zero attached hydrogens (tertiary/aromatic N) is 2. The monoisotopic (exact) mass is 332 g/mol. The summed E-state index contributed by atoms with van der Waals surface area (Å²) in [5, 5.41) is 23.1. The Morgan fingerprint density at radius 2 is 2.10 bits per heavy atom. The summed E-state index contributed by atoms with van der Waals surface area (Å²) in [5.74, 6) is 0.0775. The number of carboxylic acid groups (broad SMARTS) is 1. The smallest absolute Gasteiger partial charge is 0.326 e. The van der Waals surface area contributed by atoms with Gasteiger partial charge in [-0.05, 0) is 24.3 Å². The van der Waals surface area contributed by atoms with Crippen molar-refractivity contribution in [2.75, 3.05) is 17.3 Å². The van der Waals surface area contributed by atoms with Crippen LogP contribution in [0.2, 0.25) is 0 Å². The molecule has 0 radical (unpaired) electrons. The quantitative estimate of drug-likeness (QED) is 0.673. The van der Waals surface area contributed by atoms with E-state index in [1.165, 1.54) is 23.1 Å². The lowest BCUT2D eigenvalue weighted by Crippen LogP contribution is -2.43. The third-order valence-corrected chi connectivity index (χ3v) is 3.99. The largest absolute Gasteiger partial charge is 0.480 e. The van der Waals surface area contributed by atoms with E-state index in [1.807, 2.05) is 6.26 Å². The number of hydrogen-bond acceptors (Lipinski definition) is 6. The maximum atomic E-state index is 11.8. The molecule has 0 aliphatic rings. The van der Waals surface area contributed by atoms with Crippen molar-refractivity contribution in [3.05, 3.63) is 5.01 Å². The first-order valence-electron chi connectivity index (χ1n) is 6.54. The van der Waals surface area contributed by atoms with Gasteiger partial charge in [0.15, 0.2) is 0 Å². The second kappa shape index (κ2) is 8.83. The third-order valence-electron chi connectivity index (χ3n) is 2.48. The first-order chi connectivity index (χ1) is 9.92. The number of thioether (sulfide) groups is 1. The molecular formula is C12H20N4O3S2. The highest BCUT2D eigenvalue weighted by atomic mass is 32.2. The van der Waals surface area contributed by atoms with E-state index in [-0.39, 0.29) is 0 Å². The topological polar surface area (TPSA) is 104 Å². The lowest BCUT2D eigenvalue weighted by atomic mass is 10.1. The molecule has 7 nitrogen and oxygen atoms in total. The van der Waals surface area contributed by atoms with E-state index in [2.05, 4.69) is 34.7 Å². The molecule has 1 rings (SSSR count). The molecule has 0 aromatic carbocycles. The van der Waals surface area contributed by atoms with Crippen molar-refractivity contribution in [1.29, 1.82) is 0 Å². The standard InChI is InChI=1S/C12H20N4O3S2/c1-7(2)6-9-15-16-12(21-9)14-11(19)13-8(10(17)18)4-5-20-3/h7-8H,4-6H2,1-3H3,(H,17,18)(H2,13,14,16,19)/t8-/m1/s1. The summed E-state index contributed by atoms with van der Waals surface area (Å²) in [5.41, 5.74) is 0. The zero-order valence-corrected chi connectivity index (χ0v) is 13.9. The molecule has 0 saturated carbocycles. The van der Waals surface area contributed by atoms with E-state index in [9.17, 15) is 9.59 Å². The van der Waals surface area contributed by atoms with Crippen LogP contribution in [0.25, 0.3) is 0 Å². The number of rotatable bonds is 8. The predicted molar refractivity (Wildman–Crippen MR) is 85.0 cm³/mol. The van der Waals surface area contributed by atoms with Crippen LogP contribution < -0.4 is 10.6 Å². The molecule has 0 fully saturated rings. The normalized spacial score (nSPS) is 12.2. The summed E-state index contributed by atoms with van der Waals surface area (Å²) in [4.78, 5) is 22.8. The number of carbonyl (C=O) groups excluding carboxylic acids is 1. The number of nitrogens with one attached hydrogen (secondary N) is 2. The van der Waals surface area contributed by atoms with E-state index >= 15 is 0 Å². The number of amides is 2. The van der Waals surface area contributed by atoms with Crippen LogP contribution in [-0.4, -0.2) is 45.4 Å². The average molecular weight is 332 g/mol. The van der Waals surface area contributed by atoms with Gasteiger partial charge in [-0.15, -0.1) is 10.2 Å². The van der Waals surface area contributed by atoms with Gasteiger partial charge in [-0.25, -0.2) is 9.59 Å². The fraction of sp³-hybridized carbons (Fsp3) is 0.667. The molecule has 3 N–H and O–H groups in total. The van der Waals surface area contributed by atoms with Crippen LogP contribution in [0.4, 0.5) is 9.93 Å². The summed E-state index contributed by atoms with van der Waals surface area (Å²) >= 11 is 2.83. The molecule has 118 valence electrons. The lowest BCUT2D eigenvalue weighted by molar-refractivity contribution is -0.139. The van der Waals surface area contributed by atoms with Crippen molar-refractivity contribution in [3.63, 3.8) is 0 Å². The van der Waals surface area contributed by atoms with Gasteiger partial charge in [0.25, 0.3) is 0 Å². The third kappa shape index (κ3) is 6.76. The van der Waals surface area contributed by atoms with Crippen LogP contribution in [0.3, 0.4) is 0 Å². The number of aromatic nitrogens is 2. The summed E-state index contributed by atoms with van der Waals surface area (Å²) in [6.45, 7) is 4.15. The van der Waals surface area contributed by atoms with Crippen LogP contribution in [-0.2, 0) is 11.2 Å². The summed E-state index contributed by atoms with van der Waals surface area (Å²) < 4.78 is 0. The Bertz CT molecular complexity index is 479. The fourth-order valence-corrected chi connectivity index (χ4v) is 2.94. The molecule has 0 bridgehead atoms. The zero-order chi connectivity index (χ0) is 15.8. The van der Waals surface area contributed by atoms with E-state index in [4.69, 9.17) is 5.11 Å². The molecule has 2 amide bonds. The highest BCUT2D eigenvalue weighted by Gasteiger charge is 2.20. The van der Waals surface area contributed by atoms with E-state index in [0.29, 0.717) is 23.2 Å². The van der Waals surface area contributed by atoms with Crippen LogP contribution in [0.1, 0.15) is 25.3 Å². The second-order valence-corrected chi connectivity index (χ2v) is 6.92. The number of carbonyl (C=O) groups is 2. The van der Waals surface area contributed by atoms with Crippen molar-refractivity contribution in [1.82, 2.24) is 15.5 Å². The molecule has 0 aliphatic heterocycles. The van der Waals surface area contributed by atoms with Gasteiger partial charge < -0.3 is 10.4 Å². The van der Waals surface area contributed by atoms with Gasteiger partial charge in [0.2, 0.25) is 5.13 Å². The second-order valence-electron chi connectivity index (χ2n) is 4.87. The van der Waals surface area contributed by atoms with Gasteiger partial charge in [0.05, 0.1) is 0 Å². The maximum absolute atomic E-state index is 11.8. The number of hydrogen-bond donors (Lipinski definition) is 3. The van der Waals surface area contributed by atoms with Crippen molar-refractivity contribution in [2.45, 2.75) is 32.7 Å². The number of anilines is 1. The van der Waals surface area contributed by atoms with Crippen molar-refractivity contribution >= 4 is 40.2 Å². The van der Waals surface area contributed by atoms with Crippen LogP contribution in [0.15, 0.2) is 0 Å². The first-order valence-corrected chi connectivity index (χ1v) is 8.75. The average Bonchev–Trinajstić information content (AvgIpc) is 2.80. The Balaban J connectivity index is 2.51. The van der Waals surface area contributed by atoms with Gasteiger partial charge in [0.1, 0.15) is 11.0 Å². The Morgan fingerprint density at radius 1 is 1.38 bits per heavy atom. The summed E-state index contributed by atoms with van der Waals surface area (Å²) in [7, 11) is 0. The van der Waals surface area contributed by atoms with Gasteiger partial charge in [0, 0.05) is 6.42 Å². The lowest BCUT2D eigenvalue weighted by Gasteiger charge is -2.13. The number of carboxylic acids is 1. The van der Waals surface area contributed by atoms with Crippen LogP contribution in [0.5, 0.6) is 0 Å². The molecule has 21 heavy (non-hydrogen) atoms. The molecule has 0 saturated heterocycles. The summed E-state index contributed by atoms with van der Waals surface area (Å²) in [6, 6.07) is -1.48. The molecule has 1 atom stereocenters. The van der Waals surface area contributed by atoms with Gasteiger partial charge >= 0.3 is 12.0 Å².